The van der Waals surface area contributed by atoms with Crippen LogP contribution in [-0.2, 0) is 15.9 Å². The summed E-state index contributed by atoms with van der Waals surface area (Å²) in [6.45, 7) is 1.72. The van der Waals surface area contributed by atoms with Gasteiger partial charge in [-0.25, -0.2) is 4.39 Å². The van der Waals surface area contributed by atoms with Crippen molar-refractivity contribution in [3.8, 4) is 0 Å². The van der Waals surface area contributed by atoms with Crippen LogP contribution < -0.4 is 5.32 Å². The van der Waals surface area contributed by atoms with Crippen LogP contribution in [0.4, 0.5) is 4.39 Å². The maximum Gasteiger partial charge on any atom is 0.251 e. The first-order valence-electron chi connectivity index (χ1n) is 8.83. The van der Waals surface area contributed by atoms with Crippen molar-refractivity contribution in [1.82, 2.24) is 5.32 Å². The Hall–Kier alpha value is -1.85. The van der Waals surface area contributed by atoms with E-state index in [1.54, 1.807) is 23.9 Å². The molecule has 0 unspecified atom stereocenters. The van der Waals surface area contributed by atoms with Crippen molar-refractivity contribution in [2.24, 2.45) is 0 Å². The van der Waals surface area contributed by atoms with Gasteiger partial charge in [0.15, 0.2) is 0 Å². The van der Waals surface area contributed by atoms with Gasteiger partial charge in [0.1, 0.15) is 5.82 Å². The van der Waals surface area contributed by atoms with Gasteiger partial charge in [-0.2, -0.15) is 11.8 Å². The van der Waals surface area contributed by atoms with E-state index >= 15 is 0 Å². The van der Waals surface area contributed by atoms with E-state index in [1.165, 1.54) is 11.6 Å². The molecule has 1 saturated heterocycles. The van der Waals surface area contributed by atoms with Crippen LogP contribution in [0.3, 0.4) is 0 Å². The number of thioether (sulfide) groups is 1. The quantitative estimate of drug-likeness (QED) is 0.826. The minimum absolute atomic E-state index is 0.0945. The average molecular weight is 373 g/mol. The van der Waals surface area contributed by atoms with Crippen molar-refractivity contribution < 1.29 is 13.9 Å². The number of hydrogen-bond donors (Lipinski definition) is 1. The number of rotatable bonds is 6. The van der Waals surface area contributed by atoms with Crippen molar-refractivity contribution in [2.45, 2.75) is 24.0 Å². The molecule has 0 aromatic heterocycles. The Labute approximate surface area is 158 Å². The zero-order valence-corrected chi connectivity index (χ0v) is 15.8. The van der Waals surface area contributed by atoms with Gasteiger partial charge in [0.05, 0.1) is 0 Å². The van der Waals surface area contributed by atoms with Crippen LogP contribution in [0.1, 0.15) is 34.3 Å². The highest BCUT2D eigenvalue weighted by Crippen LogP contribution is 2.34. The van der Waals surface area contributed by atoms with Gasteiger partial charge in [-0.15, -0.1) is 0 Å². The van der Waals surface area contributed by atoms with Gasteiger partial charge >= 0.3 is 0 Å². The van der Waals surface area contributed by atoms with E-state index in [1.807, 2.05) is 30.3 Å². The number of amides is 1. The first-order chi connectivity index (χ1) is 12.6. The van der Waals surface area contributed by atoms with Gasteiger partial charge in [0.2, 0.25) is 0 Å². The number of benzene rings is 2. The fraction of sp³-hybridized carbons (Fsp3) is 0.381. The minimum Gasteiger partial charge on any atom is -0.381 e. The SMILES string of the molecule is CSCc1ccc(C(=O)NCC2(c3cccc(F)c3)CCOCC2)cc1. The molecule has 1 fully saturated rings. The zero-order valence-electron chi connectivity index (χ0n) is 15.0. The number of carbonyl (C=O) groups is 1. The summed E-state index contributed by atoms with van der Waals surface area (Å²) in [4.78, 5) is 12.6. The van der Waals surface area contributed by atoms with E-state index in [4.69, 9.17) is 4.74 Å². The van der Waals surface area contributed by atoms with Crippen LogP contribution in [0.15, 0.2) is 48.5 Å². The molecule has 1 N–H and O–H groups in total. The van der Waals surface area contributed by atoms with E-state index in [0.29, 0.717) is 25.3 Å². The molecular weight excluding hydrogens is 349 g/mol. The Morgan fingerprint density at radius 2 is 1.92 bits per heavy atom. The molecule has 0 aliphatic carbocycles. The minimum atomic E-state index is -0.283. The van der Waals surface area contributed by atoms with Gasteiger partial charge in [0, 0.05) is 36.5 Å². The summed E-state index contributed by atoms with van der Waals surface area (Å²) in [7, 11) is 0. The van der Waals surface area contributed by atoms with Crippen LogP contribution in [-0.4, -0.2) is 31.9 Å². The number of ether oxygens (including phenoxy) is 1. The van der Waals surface area contributed by atoms with Crippen LogP contribution in [0.25, 0.3) is 0 Å². The highest BCUT2D eigenvalue weighted by Gasteiger charge is 2.35. The van der Waals surface area contributed by atoms with E-state index in [2.05, 4.69) is 11.6 Å². The summed E-state index contributed by atoms with van der Waals surface area (Å²) in [6, 6.07) is 14.4. The standard InChI is InChI=1S/C21H24FNO2S/c1-26-14-16-5-7-17(8-6-16)20(24)23-15-21(9-11-25-12-10-21)18-3-2-4-19(22)13-18/h2-8,13H,9-12,14-15H2,1H3,(H,23,24). The Morgan fingerprint density at radius 1 is 1.19 bits per heavy atom. The molecule has 3 rings (SSSR count). The lowest BCUT2D eigenvalue weighted by Crippen LogP contribution is -2.44. The molecule has 0 radical (unpaired) electrons. The monoisotopic (exact) mass is 373 g/mol. The summed E-state index contributed by atoms with van der Waals surface area (Å²) >= 11 is 1.75. The molecule has 2 aromatic rings. The Morgan fingerprint density at radius 3 is 2.58 bits per heavy atom. The van der Waals surface area contributed by atoms with Crippen LogP contribution >= 0.6 is 11.8 Å². The molecule has 1 amide bonds. The highest BCUT2D eigenvalue weighted by molar-refractivity contribution is 7.97. The fourth-order valence-corrected chi connectivity index (χ4v) is 3.94. The van der Waals surface area contributed by atoms with Gasteiger partial charge in [0.25, 0.3) is 5.91 Å². The van der Waals surface area contributed by atoms with Crippen molar-refractivity contribution in [2.75, 3.05) is 26.0 Å². The predicted molar refractivity (Wildman–Crippen MR) is 104 cm³/mol. The topological polar surface area (TPSA) is 38.3 Å². The maximum absolute atomic E-state index is 13.7. The molecule has 0 spiro atoms. The Bertz CT molecular complexity index is 742. The van der Waals surface area contributed by atoms with Gasteiger partial charge in [-0.3, -0.25) is 4.79 Å². The first kappa shape index (κ1) is 18.9. The zero-order chi connectivity index (χ0) is 18.4. The van der Waals surface area contributed by atoms with Crippen molar-refractivity contribution in [1.29, 1.82) is 0 Å². The van der Waals surface area contributed by atoms with E-state index in [-0.39, 0.29) is 17.1 Å². The molecule has 26 heavy (non-hydrogen) atoms. The first-order valence-corrected chi connectivity index (χ1v) is 10.2. The highest BCUT2D eigenvalue weighted by atomic mass is 32.2. The number of halogens is 1. The molecule has 0 saturated carbocycles. The van der Waals surface area contributed by atoms with Crippen LogP contribution in [0.2, 0.25) is 0 Å². The second kappa shape index (κ2) is 8.69. The van der Waals surface area contributed by atoms with Gasteiger partial charge in [-0.05, 0) is 54.5 Å². The lowest BCUT2D eigenvalue weighted by Gasteiger charge is -2.38. The fourth-order valence-electron chi connectivity index (χ4n) is 3.42. The molecule has 1 aliphatic rings. The smallest absolute Gasteiger partial charge is 0.251 e. The molecular formula is C21H24FNO2S. The molecule has 138 valence electrons. The van der Waals surface area contributed by atoms with E-state index in [0.717, 1.165) is 24.2 Å². The van der Waals surface area contributed by atoms with Crippen molar-refractivity contribution >= 4 is 17.7 Å². The molecule has 3 nitrogen and oxygen atoms in total. The van der Waals surface area contributed by atoms with Crippen LogP contribution in [0, 0.1) is 5.82 Å². The van der Waals surface area contributed by atoms with Gasteiger partial charge in [-0.1, -0.05) is 24.3 Å². The third kappa shape index (κ3) is 4.46. The predicted octanol–water partition coefficient (Wildman–Crippen LogP) is 4.17. The summed E-state index contributed by atoms with van der Waals surface area (Å²) in [6.07, 6.45) is 3.59. The number of carbonyl (C=O) groups excluding carboxylic acids is 1. The number of hydrogen-bond acceptors (Lipinski definition) is 3. The lowest BCUT2D eigenvalue weighted by molar-refractivity contribution is 0.0486. The van der Waals surface area contributed by atoms with Crippen molar-refractivity contribution in [3.63, 3.8) is 0 Å². The summed E-state index contributed by atoms with van der Waals surface area (Å²) < 4.78 is 19.2. The normalized spacial score (nSPS) is 16.2. The summed E-state index contributed by atoms with van der Waals surface area (Å²) in [5.74, 6) is 0.594. The number of nitrogens with one attached hydrogen (secondary N) is 1. The third-order valence-corrected chi connectivity index (χ3v) is 5.62. The van der Waals surface area contributed by atoms with E-state index < -0.39 is 0 Å². The molecule has 1 aliphatic heterocycles. The largest absolute Gasteiger partial charge is 0.381 e. The van der Waals surface area contributed by atoms with Gasteiger partial charge < -0.3 is 10.1 Å². The molecule has 5 heteroatoms. The lowest BCUT2D eigenvalue weighted by atomic mass is 9.74. The summed E-state index contributed by atoms with van der Waals surface area (Å²) in [5.41, 5.74) is 2.50. The average Bonchev–Trinajstić information content (AvgIpc) is 2.68. The third-order valence-electron chi connectivity index (χ3n) is 5.00. The van der Waals surface area contributed by atoms with Crippen LogP contribution in [0.5, 0.6) is 0 Å². The van der Waals surface area contributed by atoms with Crippen molar-refractivity contribution in [3.05, 3.63) is 71.0 Å². The second-order valence-electron chi connectivity index (χ2n) is 6.72. The molecule has 0 bridgehead atoms. The second-order valence-corrected chi connectivity index (χ2v) is 7.58. The summed E-state index contributed by atoms with van der Waals surface area (Å²) in [5, 5.41) is 3.06. The van der Waals surface area contributed by atoms with E-state index in [9.17, 15) is 9.18 Å². The molecule has 1 heterocycles. The Balaban J connectivity index is 1.72. The Kier molecular flexibility index (Phi) is 6.33. The molecule has 0 atom stereocenters. The maximum atomic E-state index is 13.7. The molecule has 2 aromatic carbocycles.